The van der Waals surface area contributed by atoms with Gasteiger partial charge < -0.3 is 0 Å². The largest absolute Gasteiger partial charge is 0.0905 e. The molecule has 1 aromatic carbocycles. The van der Waals surface area contributed by atoms with Gasteiger partial charge in [-0.2, -0.15) is 0 Å². The number of thioether (sulfide) groups is 1. The van der Waals surface area contributed by atoms with E-state index in [1.54, 1.807) is 11.8 Å². The molecule has 0 nitrogen and oxygen atoms in total. The van der Waals surface area contributed by atoms with Crippen LogP contribution in [0.2, 0.25) is 0 Å². The fourth-order valence-corrected chi connectivity index (χ4v) is 2.68. The Morgan fingerprint density at radius 1 is 1.13 bits per heavy atom. The summed E-state index contributed by atoms with van der Waals surface area (Å²) in [6.07, 6.45) is 7.44. The molecular formula is C14H16S. The highest BCUT2D eigenvalue weighted by molar-refractivity contribution is 8.03. The molecule has 0 amide bonds. The average molecular weight is 216 g/mol. The summed E-state index contributed by atoms with van der Waals surface area (Å²) in [6, 6.07) is 10.5. The molecule has 15 heavy (non-hydrogen) atoms. The second kappa shape index (κ2) is 5.22. The predicted octanol–water partition coefficient (Wildman–Crippen LogP) is 4.79. The van der Waals surface area contributed by atoms with Gasteiger partial charge in [-0.25, -0.2) is 0 Å². The van der Waals surface area contributed by atoms with Crippen LogP contribution in [0, 0.1) is 0 Å². The molecule has 0 saturated heterocycles. The van der Waals surface area contributed by atoms with Crippen molar-refractivity contribution in [3.63, 3.8) is 0 Å². The molecular weight excluding hydrogens is 200 g/mol. The molecule has 0 bridgehead atoms. The van der Waals surface area contributed by atoms with Crippen LogP contribution in [0.4, 0.5) is 0 Å². The van der Waals surface area contributed by atoms with Gasteiger partial charge in [0.1, 0.15) is 0 Å². The fraction of sp³-hybridized carbons (Fsp3) is 0.286. The lowest BCUT2D eigenvalue weighted by Crippen LogP contribution is -1.92. The van der Waals surface area contributed by atoms with Gasteiger partial charge in [0, 0.05) is 9.80 Å². The Kier molecular flexibility index (Phi) is 3.68. The van der Waals surface area contributed by atoms with E-state index in [0.717, 1.165) is 0 Å². The van der Waals surface area contributed by atoms with Crippen molar-refractivity contribution >= 4 is 11.8 Å². The van der Waals surface area contributed by atoms with Gasteiger partial charge in [0.15, 0.2) is 0 Å². The summed E-state index contributed by atoms with van der Waals surface area (Å²) in [4.78, 5) is 2.51. The molecule has 0 aliphatic heterocycles. The lowest BCUT2D eigenvalue weighted by atomic mass is 10.00. The first-order valence-electron chi connectivity index (χ1n) is 5.47. The molecule has 0 spiro atoms. The summed E-state index contributed by atoms with van der Waals surface area (Å²) in [5.74, 6) is 0. The summed E-state index contributed by atoms with van der Waals surface area (Å²) >= 11 is 1.79. The first-order chi connectivity index (χ1) is 7.36. The zero-order valence-corrected chi connectivity index (χ0v) is 9.72. The fourth-order valence-electron chi connectivity index (χ4n) is 1.79. The minimum atomic E-state index is 1.21. The van der Waals surface area contributed by atoms with Crippen molar-refractivity contribution in [3.8, 4) is 0 Å². The molecule has 78 valence electrons. The Morgan fingerprint density at radius 3 is 2.60 bits per heavy atom. The van der Waals surface area contributed by atoms with Crippen molar-refractivity contribution in [1.29, 1.82) is 0 Å². The summed E-state index contributed by atoms with van der Waals surface area (Å²) in [5.41, 5.74) is 1.45. The number of benzene rings is 1. The quantitative estimate of drug-likeness (QED) is 0.654. The molecule has 1 aliphatic carbocycles. The molecule has 0 aromatic heterocycles. The molecule has 2 rings (SSSR count). The number of rotatable bonds is 3. The third-order valence-corrected chi connectivity index (χ3v) is 3.65. The average Bonchev–Trinajstić information content (AvgIpc) is 2.31. The highest BCUT2D eigenvalue weighted by Gasteiger charge is 2.07. The summed E-state index contributed by atoms with van der Waals surface area (Å²) < 4.78 is 0. The Labute approximate surface area is 96.1 Å². The molecule has 0 radical (unpaired) electrons. The van der Waals surface area contributed by atoms with Gasteiger partial charge in [0.2, 0.25) is 0 Å². The Hall–Kier alpha value is -0.950. The highest BCUT2D eigenvalue weighted by atomic mass is 32.2. The van der Waals surface area contributed by atoms with Crippen LogP contribution in [0.1, 0.15) is 25.7 Å². The van der Waals surface area contributed by atoms with E-state index in [1.165, 1.54) is 41.1 Å². The maximum absolute atomic E-state index is 4.17. The van der Waals surface area contributed by atoms with E-state index in [0.29, 0.717) is 0 Å². The minimum Gasteiger partial charge on any atom is -0.0905 e. The molecule has 0 saturated carbocycles. The van der Waals surface area contributed by atoms with Crippen LogP contribution in [0.5, 0.6) is 0 Å². The first kappa shape index (κ1) is 10.6. The van der Waals surface area contributed by atoms with Gasteiger partial charge in [-0.05, 0) is 43.4 Å². The molecule has 1 aromatic rings. The number of hydrogen-bond donors (Lipinski definition) is 0. The Balaban J connectivity index is 2.00. The van der Waals surface area contributed by atoms with Crippen LogP contribution in [-0.2, 0) is 0 Å². The molecule has 0 heterocycles. The molecule has 0 atom stereocenters. The van der Waals surface area contributed by atoms with Gasteiger partial charge in [0.05, 0.1) is 0 Å². The van der Waals surface area contributed by atoms with Crippen LogP contribution in [-0.4, -0.2) is 0 Å². The van der Waals surface area contributed by atoms with Crippen molar-refractivity contribution in [2.75, 3.05) is 0 Å². The van der Waals surface area contributed by atoms with Crippen molar-refractivity contribution in [2.45, 2.75) is 30.6 Å². The highest BCUT2D eigenvalue weighted by Crippen LogP contribution is 2.34. The van der Waals surface area contributed by atoms with Gasteiger partial charge in [-0.1, -0.05) is 42.6 Å². The lowest BCUT2D eigenvalue weighted by molar-refractivity contribution is 0.711. The second-order valence-electron chi connectivity index (χ2n) is 3.81. The lowest BCUT2D eigenvalue weighted by Gasteiger charge is -2.14. The molecule has 1 aliphatic rings. The van der Waals surface area contributed by atoms with Crippen LogP contribution in [0.3, 0.4) is 0 Å². The van der Waals surface area contributed by atoms with Gasteiger partial charge >= 0.3 is 0 Å². The first-order valence-corrected chi connectivity index (χ1v) is 6.29. The van der Waals surface area contributed by atoms with Crippen molar-refractivity contribution < 1.29 is 0 Å². The van der Waals surface area contributed by atoms with E-state index in [4.69, 9.17) is 0 Å². The van der Waals surface area contributed by atoms with E-state index < -0.39 is 0 Å². The van der Waals surface area contributed by atoms with E-state index in [1.807, 2.05) is 6.07 Å². The summed E-state index contributed by atoms with van der Waals surface area (Å²) in [7, 11) is 0. The van der Waals surface area contributed by atoms with Gasteiger partial charge in [0.25, 0.3) is 0 Å². The third-order valence-electron chi connectivity index (χ3n) is 2.63. The van der Waals surface area contributed by atoms with Crippen LogP contribution < -0.4 is 0 Å². The van der Waals surface area contributed by atoms with Gasteiger partial charge in [-0.3, -0.25) is 0 Å². The standard InChI is InChI=1S/C14H16S/c1-12(13-8-4-2-5-9-13)15-14-10-6-3-7-11-14/h3,6-8,10-11H,1-2,4-5,9H2. The minimum absolute atomic E-state index is 1.21. The normalized spacial score (nSPS) is 15.9. The molecule has 0 fully saturated rings. The topological polar surface area (TPSA) is 0 Å². The van der Waals surface area contributed by atoms with E-state index in [-0.39, 0.29) is 0 Å². The zero-order valence-electron chi connectivity index (χ0n) is 8.91. The number of allylic oxidation sites excluding steroid dienone is 2. The van der Waals surface area contributed by atoms with Gasteiger partial charge in [-0.15, -0.1) is 0 Å². The monoisotopic (exact) mass is 216 g/mol. The summed E-state index contributed by atoms with van der Waals surface area (Å²) in [6.45, 7) is 4.17. The van der Waals surface area contributed by atoms with E-state index >= 15 is 0 Å². The van der Waals surface area contributed by atoms with Crippen molar-refractivity contribution in [3.05, 3.63) is 53.5 Å². The van der Waals surface area contributed by atoms with Crippen LogP contribution in [0.25, 0.3) is 0 Å². The third kappa shape index (κ3) is 3.00. The maximum atomic E-state index is 4.17. The second-order valence-corrected chi connectivity index (χ2v) is 4.98. The van der Waals surface area contributed by atoms with Crippen LogP contribution >= 0.6 is 11.8 Å². The zero-order chi connectivity index (χ0) is 10.5. The smallest absolute Gasteiger partial charge is 0.0122 e. The Morgan fingerprint density at radius 2 is 1.93 bits per heavy atom. The summed E-state index contributed by atoms with van der Waals surface area (Å²) in [5, 5.41) is 0. The SMILES string of the molecule is C=C(Sc1ccccc1)C1=CCCCC1. The van der Waals surface area contributed by atoms with Crippen molar-refractivity contribution in [2.24, 2.45) is 0 Å². The van der Waals surface area contributed by atoms with Crippen LogP contribution in [0.15, 0.2) is 58.4 Å². The van der Waals surface area contributed by atoms with E-state index in [9.17, 15) is 0 Å². The van der Waals surface area contributed by atoms with Crippen molar-refractivity contribution in [1.82, 2.24) is 0 Å². The number of hydrogen-bond acceptors (Lipinski definition) is 1. The van der Waals surface area contributed by atoms with E-state index in [2.05, 4.69) is 36.9 Å². The molecule has 0 unspecified atom stereocenters. The maximum Gasteiger partial charge on any atom is 0.0122 e. The molecule has 0 N–H and O–H groups in total. The predicted molar refractivity (Wildman–Crippen MR) is 68.0 cm³/mol. The Bertz CT molecular complexity index is 362. The molecule has 1 heteroatoms.